The van der Waals surface area contributed by atoms with Crippen LogP contribution in [0.15, 0.2) is 12.3 Å². The molecule has 0 radical (unpaired) electrons. The fraction of sp³-hybridized carbons (Fsp3) is 0.714. The number of amides is 1. The zero-order chi connectivity index (χ0) is 14.3. The van der Waals surface area contributed by atoms with Gasteiger partial charge in [-0.15, -0.1) is 0 Å². The maximum atomic E-state index is 11.8. The third kappa shape index (κ3) is 6.38. The quantitative estimate of drug-likeness (QED) is 0.741. The van der Waals surface area contributed by atoms with Crippen LogP contribution in [0.4, 0.5) is 0 Å². The van der Waals surface area contributed by atoms with Crippen molar-refractivity contribution < 1.29 is 4.79 Å². The van der Waals surface area contributed by atoms with Gasteiger partial charge in [-0.2, -0.15) is 5.10 Å². The van der Waals surface area contributed by atoms with E-state index in [1.807, 2.05) is 26.2 Å². The minimum atomic E-state index is -0.157. The first kappa shape index (κ1) is 15.7. The molecule has 2 N–H and O–H groups in total. The van der Waals surface area contributed by atoms with Crippen molar-refractivity contribution in [3.63, 3.8) is 0 Å². The van der Waals surface area contributed by atoms with Crippen molar-refractivity contribution in [1.82, 2.24) is 20.4 Å². The highest BCUT2D eigenvalue weighted by Crippen LogP contribution is 1.97. The maximum absolute atomic E-state index is 11.8. The molecule has 1 atom stereocenters. The summed E-state index contributed by atoms with van der Waals surface area (Å²) in [7, 11) is 1.90. The van der Waals surface area contributed by atoms with Crippen LogP contribution in [-0.2, 0) is 18.3 Å². The molecule has 1 aromatic rings. The molecule has 19 heavy (non-hydrogen) atoms. The highest BCUT2D eigenvalue weighted by molar-refractivity contribution is 5.81. The molecule has 0 aliphatic rings. The van der Waals surface area contributed by atoms with Crippen molar-refractivity contribution in [2.45, 2.75) is 39.7 Å². The van der Waals surface area contributed by atoms with Gasteiger partial charge in [0.2, 0.25) is 5.91 Å². The molecule has 1 unspecified atom stereocenters. The van der Waals surface area contributed by atoms with Crippen molar-refractivity contribution in [3.05, 3.63) is 18.0 Å². The van der Waals surface area contributed by atoms with Gasteiger partial charge in [0.05, 0.1) is 11.7 Å². The van der Waals surface area contributed by atoms with Crippen LogP contribution in [0.5, 0.6) is 0 Å². The molecule has 1 aromatic heterocycles. The molecule has 0 saturated heterocycles. The molecule has 5 heteroatoms. The third-order valence-corrected chi connectivity index (χ3v) is 3.01. The van der Waals surface area contributed by atoms with Crippen molar-refractivity contribution in [2.24, 2.45) is 13.0 Å². The van der Waals surface area contributed by atoms with Crippen LogP contribution in [0.1, 0.15) is 32.9 Å². The van der Waals surface area contributed by atoms with Gasteiger partial charge in [-0.05, 0) is 25.3 Å². The van der Waals surface area contributed by atoms with Crippen molar-refractivity contribution >= 4 is 5.91 Å². The molecule has 0 saturated carbocycles. The van der Waals surface area contributed by atoms with E-state index >= 15 is 0 Å². The van der Waals surface area contributed by atoms with Gasteiger partial charge in [0.1, 0.15) is 0 Å². The van der Waals surface area contributed by atoms with Gasteiger partial charge in [0.15, 0.2) is 0 Å². The fourth-order valence-corrected chi connectivity index (χ4v) is 1.74. The monoisotopic (exact) mass is 266 g/mol. The second kappa shape index (κ2) is 7.94. The number of rotatable bonds is 8. The molecule has 0 fully saturated rings. The molecule has 0 bridgehead atoms. The number of carbonyl (C=O) groups excluding carboxylic acids is 1. The van der Waals surface area contributed by atoms with Crippen LogP contribution in [0.25, 0.3) is 0 Å². The Bertz CT molecular complexity index is 387. The summed E-state index contributed by atoms with van der Waals surface area (Å²) in [5.74, 6) is 0.689. The van der Waals surface area contributed by atoms with Crippen molar-refractivity contribution in [3.8, 4) is 0 Å². The van der Waals surface area contributed by atoms with E-state index in [0.29, 0.717) is 5.92 Å². The zero-order valence-corrected chi connectivity index (χ0v) is 12.4. The number of nitrogens with zero attached hydrogens (tertiary/aromatic N) is 2. The van der Waals surface area contributed by atoms with E-state index in [-0.39, 0.29) is 11.9 Å². The Morgan fingerprint density at radius 1 is 1.37 bits per heavy atom. The Hall–Kier alpha value is -1.36. The molecule has 1 amide bonds. The van der Waals surface area contributed by atoms with Crippen LogP contribution in [0.3, 0.4) is 0 Å². The summed E-state index contributed by atoms with van der Waals surface area (Å²) >= 11 is 0. The summed E-state index contributed by atoms with van der Waals surface area (Å²) in [6, 6.07) is 1.84. The first-order valence-corrected chi connectivity index (χ1v) is 6.98. The number of hydrogen-bond donors (Lipinski definition) is 2. The lowest BCUT2D eigenvalue weighted by Gasteiger charge is -2.14. The molecular weight excluding hydrogens is 240 g/mol. The van der Waals surface area contributed by atoms with Gasteiger partial charge in [-0.25, -0.2) is 0 Å². The van der Waals surface area contributed by atoms with E-state index < -0.39 is 0 Å². The number of hydrogen-bond acceptors (Lipinski definition) is 3. The molecule has 5 nitrogen and oxygen atoms in total. The van der Waals surface area contributed by atoms with E-state index in [1.54, 1.807) is 4.68 Å². The Morgan fingerprint density at radius 2 is 2.11 bits per heavy atom. The van der Waals surface area contributed by atoms with E-state index in [9.17, 15) is 4.79 Å². The van der Waals surface area contributed by atoms with Gasteiger partial charge >= 0.3 is 0 Å². The van der Waals surface area contributed by atoms with Crippen LogP contribution >= 0.6 is 0 Å². The molecule has 0 aromatic carbocycles. The summed E-state index contributed by atoms with van der Waals surface area (Å²) in [4.78, 5) is 11.8. The Labute approximate surface area is 115 Å². The van der Waals surface area contributed by atoms with Gasteiger partial charge in [-0.1, -0.05) is 13.8 Å². The van der Waals surface area contributed by atoms with Gasteiger partial charge in [0.25, 0.3) is 0 Å². The number of nitrogens with one attached hydrogen (secondary N) is 2. The summed E-state index contributed by atoms with van der Waals surface area (Å²) in [6.45, 7) is 7.71. The van der Waals surface area contributed by atoms with E-state index in [4.69, 9.17) is 0 Å². The normalized spacial score (nSPS) is 12.7. The van der Waals surface area contributed by atoms with Crippen molar-refractivity contribution in [1.29, 1.82) is 0 Å². The first-order chi connectivity index (χ1) is 8.99. The summed E-state index contributed by atoms with van der Waals surface area (Å²) < 4.78 is 1.79. The van der Waals surface area contributed by atoms with Gasteiger partial charge in [-0.3, -0.25) is 9.48 Å². The maximum Gasteiger partial charge on any atom is 0.236 e. The van der Waals surface area contributed by atoms with Crippen LogP contribution in [0.2, 0.25) is 0 Å². The second-order valence-corrected chi connectivity index (χ2v) is 5.38. The zero-order valence-electron chi connectivity index (χ0n) is 12.4. The minimum absolute atomic E-state index is 0.0710. The van der Waals surface area contributed by atoms with Crippen LogP contribution in [0, 0.1) is 5.92 Å². The lowest BCUT2D eigenvalue weighted by atomic mass is 10.1. The Kier molecular flexibility index (Phi) is 6.56. The smallest absolute Gasteiger partial charge is 0.236 e. The summed E-state index contributed by atoms with van der Waals surface area (Å²) in [5.41, 5.74) is 1.04. The van der Waals surface area contributed by atoms with Crippen molar-refractivity contribution in [2.75, 3.05) is 13.1 Å². The predicted octanol–water partition coefficient (Wildman–Crippen LogP) is 1.10. The van der Waals surface area contributed by atoms with Crippen LogP contribution in [-0.4, -0.2) is 34.8 Å². The topological polar surface area (TPSA) is 59.0 Å². The van der Waals surface area contributed by atoms with E-state index in [2.05, 4.69) is 29.6 Å². The fourth-order valence-electron chi connectivity index (χ4n) is 1.74. The number of aromatic nitrogens is 2. The number of carbonyl (C=O) groups is 1. The Balaban J connectivity index is 2.16. The SMILES string of the molecule is CC(C)CCNC(=O)C(C)NCCc1ccn(C)n1. The highest BCUT2D eigenvalue weighted by atomic mass is 16.2. The standard InChI is InChI=1S/C14H26N4O/c1-11(2)5-8-16-14(19)12(3)15-9-6-13-7-10-18(4)17-13/h7,10-12,15H,5-6,8-9H2,1-4H3,(H,16,19). The average molecular weight is 266 g/mol. The lowest BCUT2D eigenvalue weighted by Crippen LogP contribution is -2.43. The minimum Gasteiger partial charge on any atom is -0.355 e. The summed E-state index contributed by atoms with van der Waals surface area (Å²) in [5, 5.41) is 10.5. The predicted molar refractivity (Wildman–Crippen MR) is 76.8 cm³/mol. The molecule has 0 spiro atoms. The lowest BCUT2D eigenvalue weighted by molar-refractivity contribution is -0.122. The summed E-state index contributed by atoms with van der Waals surface area (Å²) in [6.07, 6.45) is 3.79. The third-order valence-electron chi connectivity index (χ3n) is 3.01. The largest absolute Gasteiger partial charge is 0.355 e. The molecule has 1 rings (SSSR count). The van der Waals surface area contributed by atoms with E-state index in [1.165, 1.54) is 0 Å². The van der Waals surface area contributed by atoms with Crippen LogP contribution < -0.4 is 10.6 Å². The van der Waals surface area contributed by atoms with E-state index in [0.717, 1.165) is 31.6 Å². The molecule has 0 aliphatic heterocycles. The second-order valence-electron chi connectivity index (χ2n) is 5.38. The molecule has 0 aliphatic carbocycles. The Morgan fingerprint density at radius 3 is 2.68 bits per heavy atom. The first-order valence-electron chi connectivity index (χ1n) is 6.98. The van der Waals surface area contributed by atoms with Gasteiger partial charge in [0, 0.05) is 32.8 Å². The molecule has 1 heterocycles. The number of aryl methyl sites for hydroxylation is 1. The molecule has 108 valence electrons. The molecular formula is C14H26N4O. The van der Waals surface area contributed by atoms with Gasteiger partial charge < -0.3 is 10.6 Å². The highest BCUT2D eigenvalue weighted by Gasteiger charge is 2.11. The average Bonchev–Trinajstić information content (AvgIpc) is 2.74.